The zero-order valence-corrected chi connectivity index (χ0v) is 6.60. The van der Waals surface area contributed by atoms with Crippen LogP contribution in [0.4, 0.5) is 0 Å². The second-order valence-corrected chi connectivity index (χ2v) is 3.79. The van der Waals surface area contributed by atoms with Crippen molar-refractivity contribution in [2.24, 2.45) is 4.99 Å². The summed E-state index contributed by atoms with van der Waals surface area (Å²) in [7, 11) is 0. The molecule has 0 saturated carbocycles. The molecule has 0 amide bonds. The van der Waals surface area contributed by atoms with Crippen LogP contribution < -0.4 is 0 Å². The van der Waals surface area contributed by atoms with Crippen LogP contribution in [0.5, 0.6) is 0 Å². The highest BCUT2D eigenvalue weighted by Crippen LogP contribution is 2.21. The van der Waals surface area contributed by atoms with Gasteiger partial charge in [0.25, 0.3) is 0 Å². The quantitative estimate of drug-likeness (QED) is 0.534. The summed E-state index contributed by atoms with van der Waals surface area (Å²) in [4.78, 5) is 4.22. The third kappa shape index (κ3) is 2.33. The van der Waals surface area contributed by atoms with Crippen LogP contribution in [0.25, 0.3) is 0 Å². The molecule has 1 heterocycles. The van der Waals surface area contributed by atoms with E-state index >= 15 is 0 Å². The summed E-state index contributed by atoms with van der Waals surface area (Å²) in [6.45, 7) is 0.970. The molecule has 3 heteroatoms. The van der Waals surface area contributed by atoms with E-state index in [1.165, 1.54) is 0 Å². The minimum Gasteiger partial charge on any atom is -0.271 e. The van der Waals surface area contributed by atoms with Crippen molar-refractivity contribution in [1.82, 2.24) is 0 Å². The lowest BCUT2D eigenvalue weighted by Crippen LogP contribution is -1.79. The van der Waals surface area contributed by atoms with Crippen LogP contribution >= 0.6 is 23.5 Å². The van der Waals surface area contributed by atoms with E-state index in [1.807, 2.05) is 0 Å². The van der Waals surface area contributed by atoms with Gasteiger partial charge in [0.05, 0.1) is 12.3 Å². The van der Waals surface area contributed by atoms with E-state index in [1.54, 1.807) is 23.5 Å². The number of hydrogen-bond donors (Lipinski definition) is 0. The van der Waals surface area contributed by atoms with E-state index in [-0.39, 0.29) is 0 Å². The Labute approximate surface area is 63.7 Å². The molecule has 1 rings (SSSR count). The van der Waals surface area contributed by atoms with Gasteiger partial charge in [0.15, 0.2) is 0 Å². The zero-order valence-electron chi connectivity index (χ0n) is 4.96. The maximum absolute atomic E-state index is 5.07. The molecular weight excluding hydrogens is 150 g/mol. The third-order valence-corrected chi connectivity index (χ3v) is 2.99. The Morgan fingerprint density at radius 1 is 1.89 bits per heavy atom. The minimum absolute atomic E-state index is 0.756. The number of terminal acetylenes is 1. The number of hydrogen-bond acceptors (Lipinski definition) is 3. The molecule has 0 radical (unpaired) electrons. The maximum Gasteiger partial charge on any atom is 0.125 e. The van der Waals surface area contributed by atoms with Gasteiger partial charge < -0.3 is 0 Å². The molecule has 0 aromatic heterocycles. The molecule has 0 fully saturated rings. The average Bonchev–Trinajstić information content (AvgIpc) is 2.34. The summed E-state index contributed by atoms with van der Waals surface area (Å²) in [6, 6.07) is 0. The molecule has 1 aliphatic rings. The molecule has 0 aromatic rings. The first-order chi connectivity index (χ1) is 4.43. The highest BCUT2D eigenvalue weighted by atomic mass is 32.2. The van der Waals surface area contributed by atoms with Crippen LogP contribution in [0.3, 0.4) is 0 Å². The lowest BCUT2D eigenvalue weighted by Gasteiger charge is -1.90. The molecule has 0 spiro atoms. The van der Waals surface area contributed by atoms with Crippen molar-refractivity contribution < 1.29 is 0 Å². The molecule has 9 heavy (non-hydrogen) atoms. The molecule has 1 nitrogen and oxygen atoms in total. The Morgan fingerprint density at radius 2 is 2.78 bits per heavy atom. The van der Waals surface area contributed by atoms with Crippen molar-refractivity contribution in [2.45, 2.75) is 0 Å². The van der Waals surface area contributed by atoms with E-state index in [9.17, 15) is 0 Å². The van der Waals surface area contributed by atoms with Crippen molar-refractivity contribution in [3.05, 3.63) is 0 Å². The van der Waals surface area contributed by atoms with Crippen LogP contribution in [0.2, 0.25) is 0 Å². The van der Waals surface area contributed by atoms with Crippen LogP contribution in [-0.4, -0.2) is 22.4 Å². The molecule has 48 valence electrons. The van der Waals surface area contributed by atoms with Gasteiger partial charge in [0.2, 0.25) is 0 Å². The lowest BCUT2D eigenvalue weighted by atomic mass is 10.8. The van der Waals surface area contributed by atoms with Gasteiger partial charge in [-0.3, -0.25) is 4.99 Å². The smallest absolute Gasteiger partial charge is 0.125 e. The molecule has 0 aromatic carbocycles. The standard InChI is InChI=1S/C6H7NS2/c1-2-4-8-6-7-3-5-9-6/h1H,3-5H2. The summed E-state index contributed by atoms with van der Waals surface area (Å²) in [5, 5.41) is 0. The molecule has 0 unspecified atom stereocenters. The summed E-state index contributed by atoms with van der Waals surface area (Å²) >= 11 is 3.46. The number of aliphatic imine (C=N–C) groups is 1. The van der Waals surface area contributed by atoms with Crippen molar-refractivity contribution in [2.75, 3.05) is 18.1 Å². The predicted octanol–water partition coefficient (Wildman–Crippen LogP) is 1.46. The van der Waals surface area contributed by atoms with Gasteiger partial charge in [-0.05, 0) is 0 Å². The topological polar surface area (TPSA) is 12.4 Å². The SMILES string of the molecule is C#CCSC1=NCCS1. The van der Waals surface area contributed by atoms with Gasteiger partial charge in [0.1, 0.15) is 4.38 Å². The maximum atomic E-state index is 5.07. The number of rotatable bonds is 1. The normalized spacial score (nSPS) is 17.0. The van der Waals surface area contributed by atoms with Crippen LogP contribution in [0, 0.1) is 12.3 Å². The molecule has 0 bridgehead atoms. The lowest BCUT2D eigenvalue weighted by molar-refractivity contribution is 1.18. The zero-order chi connectivity index (χ0) is 6.53. The van der Waals surface area contributed by atoms with Gasteiger partial charge in [-0.2, -0.15) is 0 Å². The van der Waals surface area contributed by atoms with Crippen molar-refractivity contribution >= 4 is 27.9 Å². The first-order valence-corrected chi connectivity index (χ1v) is 4.64. The van der Waals surface area contributed by atoms with E-state index in [0.29, 0.717) is 0 Å². The predicted molar refractivity (Wildman–Crippen MR) is 46.1 cm³/mol. The van der Waals surface area contributed by atoms with Crippen molar-refractivity contribution in [3.63, 3.8) is 0 Å². The number of thioether (sulfide) groups is 2. The second kappa shape index (κ2) is 3.86. The monoisotopic (exact) mass is 157 g/mol. The summed E-state index contributed by atoms with van der Waals surface area (Å²) in [5.74, 6) is 4.45. The first kappa shape index (κ1) is 7.04. The van der Waals surface area contributed by atoms with Crippen molar-refractivity contribution in [3.8, 4) is 12.3 Å². The van der Waals surface area contributed by atoms with Crippen LogP contribution in [0.1, 0.15) is 0 Å². The number of nitrogens with zero attached hydrogens (tertiary/aromatic N) is 1. The summed E-state index contributed by atoms with van der Waals surface area (Å²) in [6.07, 6.45) is 5.07. The Kier molecular flexibility index (Phi) is 3.02. The fourth-order valence-corrected chi connectivity index (χ4v) is 2.20. The Morgan fingerprint density at radius 3 is 3.33 bits per heavy atom. The Bertz CT molecular complexity index is 157. The summed E-state index contributed by atoms with van der Waals surface area (Å²) < 4.78 is 1.16. The Hall–Kier alpha value is -0.0700. The fraction of sp³-hybridized carbons (Fsp3) is 0.500. The van der Waals surface area contributed by atoms with Gasteiger partial charge >= 0.3 is 0 Å². The molecule has 0 aliphatic carbocycles. The Balaban J connectivity index is 2.20. The van der Waals surface area contributed by atoms with Crippen LogP contribution in [-0.2, 0) is 0 Å². The van der Waals surface area contributed by atoms with E-state index in [0.717, 1.165) is 22.4 Å². The van der Waals surface area contributed by atoms with E-state index in [2.05, 4.69) is 10.9 Å². The van der Waals surface area contributed by atoms with Crippen molar-refractivity contribution in [1.29, 1.82) is 0 Å². The van der Waals surface area contributed by atoms with Gasteiger partial charge in [0, 0.05) is 5.75 Å². The summed E-state index contributed by atoms with van der Waals surface area (Å²) in [5.41, 5.74) is 0. The van der Waals surface area contributed by atoms with Crippen LogP contribution in [0.15, 0.2) is 4.99 Å². The minimum atomic E-state index is 0.756. The highest BCUT2D eigenvalue weighted by Gasteiger charge is 2.05. The van der Waals surface area contributed by atoms with Gasteiger partial charge in [-0.15, -0.1) is 6.42 Å². The molecule has 0 atom stereocenters. The van der Waals surface area contributed by atoms with Gasteiger partial charge in [-0.25, -0.2) is 0 Å². The first-order valence-electron chi connectivity index (χ1n) is 2.67. The largest absolute Gasteiger partial charge is 0.271 e. The average molecular weight is 157 g/mol. The van der Waals surface area contributed by atoms with E-state index in [4.69, 9.17) is 6.42 Å². The fourth-order valence-electron chi connectivity index (χ4n) is 0.506. The second-order valence-electron chi connectivity index (χ2n) is 1.49. The third-order valence-electron chi connectivity index (χ3n) is 0.837. The van der Waals surface area contributed by atoms with Gasteiger partial charge in [-0.1, -0.05) is 29.4 Å². The molecule has 1 aliphatic heterocycles. The molecule has 0 saturated heterocycles. The highest BCUT2D eigenvalue weighted by molar-refractivity contribution is 8.39. The molecular formula is C6H7NS2. The van der Waals surface area contributed by atoms with E-state index < -0.39 is 0 Å². The molecule has 0 N–H and O–H groups in total.